The average Bonchev–Trinajstić information content (AvgIpc) is 3.21. The summed E-state index contributed by atoms with van der Waals surface area (Å²) < 4.78 is 0. The molecule has 0 bridgehead atoms. The number of fused-ring (bicyclic) bond motifs is 2. The van der Waals surface area contributed by atoms with Gasteiger partial charge in [0, 0.05) is 48.3 Å². The quantitative estimate of drug-likeness (QED) is 0.678. The zero-order valence-electron chi connectivity index (χ0n) is 17.7. The molecule has 3 aromatic rings. The SMILES string of the molecule is CCC1CCCCN1c1ccc2c(c1)CCCN2C(=O)Cc1c[nH]c2ncccc12. The van der Waals surface area contributed by atoms with E-state index in [2.05, 4.69) is 40.0 Å². The number of pyridine rings is 1. The third-order valence-electron chi connectivity index (χ3n) is 6.79. The third kappa shape index (κ3) is 3.47. The largest absolute Gasteiger partial charge is 0.369 e. The molecule has 2 aliphatic rings. The Hall–Kier alpha value is -2.82. The van der Waals surface area contributed by atoms with Gasteiger partial charge in [0.2, 0.25) is 5.91 Å². The molecule has 4 heterocycles. The van der Waals surface area contributed by atoms with E-state index in [9.17, 15) is 4.79 Å². The average molecular weight is 403 g/mol. The number of hydrogen-bond acceptors (Lipinski definition) is 3. The lowest BCUT2D eigenvalue weighted by Gasteiger charge is -2.38. The molecule has 2 aromatic heterocycles. The van der Waals surface area contributed by atoms with E-state index in [0.717, 1.165) is 48.2 Å². The van der Waals surface area contributed by atoms with Crippen molar-refractivity contribution >= 4 is 28.3 Å². The van der Waals surface area contributed by atoms with Crippen LogP contribution in [-0.4, -0.2) is 35.0 Å². The Morgan fingerprint density at radius 3 is 3.03 bits per heavy atom. The summed E-state index contributed by atoms with van der Waals surface area (Å²) >= 11 is 0. The van der Waals surface area contributed by atoms with Crippen LogP contribution < -0.4 is 9.80 Å². The summed E-state index contributed by atoms with van der Waals surface area (Å²) in [5.74, 6) is 0.165. The van der Waals surface area contributed by atoms with Crippen molar-refractivity contribution in [3.8, 4) is 0 Å². The highest BCUT2D eigenvalue weighted by Gasteiger charge is 2.26. The highest BCUT2D eigenvalue weighted by molar-refractivity contribution is 5.98. The fraction of sp³-hybridized carbons (Fsp3) is 0.440. The first-order chi connectivity index (χ1) is 14.7. The molecule has 5 rings (SSSR count). The summed E-state index contributed by atoms with van der Waals surface area (Å²) in [4.78, 5) is 25.3. The van der Waals surface area contributed by atoms with Crippen molar-refractivity contribution in [2.45, 2.75) is 57.9 Å². The molecule has 1 amide bonds. The maximum absolute atomic E-state index is 13.2. The van der Waals surface area contributed by atoms with Crippen molar-refractivity contribution < 1.29 is 4.79 Å². The molecule has 1 unspecified atom stereocenters. The van der Waals surface area contributed by atoms with Crippen molar-refractivity contribution in [3.05, 3.63) is 53.9 Å². The second-order valence-corrected chi connectivity index (χ2v) is 8.60. The molecule has 0 radical (unpaired) electrons. The third-order valence-corrected chi connectivity index (χ3v) is 6.79. The molecule has 1 aromatic carbocycles. The monoisotopic (exact) mass is 402 g/mol. The Labute approximate surface area is 178 Å². The van der Waals surface area contributed by atoms with Gasteiger partial charge in [0.25, 0.3) is 0 Å². The van der Waals surface area contributed by atoms with Crippen LogP contribution in [0.15, 0.2) is 42.7 Å². The first-order valence-corrected chi connectivity index (χ1v) is 11.4. The molecule has 156 valence electrons. The van der Waals surface area contributed by atoms with Crippen molar-refractivity contribution in [3.63, 3.8) is 0 Å². The first-order valence-electron chi connectivity index (χ1n) is 11.4. The minimum atomic E-state index is 0.165. The molecule has 5 nitrogen and oxygen atoms in total. The Bertz CT molecular complexity index is 1060. The highest BCUT2D eigenvalue weighted by Crippen LogP contribution is 2.34. The number of anilines is 2. The van der Waals surface area contributed by atoms with Crippen molar-refractivity contribution in [1.82, 2.24) is 9.97 Å². The smallest absolute Gasteiger partial charge is 0.231 e. The van der Waals surface area contributed by atoms with Crippen LogP contribution in [0.5, 0.6) is 0 Å². The van der Waals surface area contributed by atoms with Gasteiger partial charge in [0.1, 0.15) is 5.65 Å². The van der Waals surface area contributed by atoms with E-state index in [1.807, 2.05) is 23.2 Å². The minimum absolute atomic E-state index is 0.165. The number of nitrogens with zero attached hydrogens (tertiary/aromatic N) is 3. The van der Waals surface area contributed by atoms with E-state index in [0.29, 0.717) is 12.5 Å². The van der Waals surface area contributed by atoms with Gasteiger partial charge in [0.15, 0.2) is 0 Å². The van der Waals surface area contributed by atoms with Gasteiger partial charge < -0.3 is 14.8 Å². The molecule has 2 aliphatic heterocycles. The normalized spacial score (nSPS) is 19.2. The van der Waals surface area contributed by atoms with E-state index < -0.39 is 0 Å². The number of aromatic nitrogens is 2. The summed E-state index contributed by atoms with van der Waals surface area (Å²) in [6, 6.07) is 11.4. The lowest BCUT2D eigenvalue weighted by molar-refractivity contribution is -0.118. The molecule has 5 heteroatoms. The van der Waals surface area contributed by atoms with Gasteiger partial charge in [-0.2, -0.15) is 0 Å². The van der Waals surface area contributed by atoms with E-state index in [1.165, 1.54) is 36.9 Å². The van der Waals surface area contributed by atoms with Crippen molar-refractivity contribution in [2.75, 3.05) is 22.9 Å². The van der Waals surface area contributed by atoms with Gasteiger partial charge in [0.05, 0.1) is 6.42 Å². The number of hydrogen-bond donors (Lipinski definition) is 1. The van der Waals surface area contributed by atoms with Crippen LogP contribution in [0, 0.1) is 0 Å². The standard InChI is InChI=1S/C25H30N4O/c1-2-20-8-3-4-13-28(20)21-10-11-23-18(15-21)7-6-14-29(23)24(30)16-19-17-27-25-22(19)9-5-12-26-25/h5,9-12,15,17,20H,2-4,6-8,13-14,16H2,1H3,(H,26,27). The Kier molecular flexibility index (Phi) is 5.19. The molecule has 1 saturated heterocycles. The summed E-state index contributed by atoms with van der Waals surface area (Å²) in [5.41, 5.74) is 5.60. The number of carbonyl (C=O) groups is 1. The Morgan fingerprint density at radius 2 is 2.13 bits per heavy atom. The van der Waals surface area contributed by atoms with E-state index in [1.54, 1.807) is 6.20 Å². The number of aromatic amines is 1. The number of rotatable bonds is 4. The lowest BCUT2D eigenvalue weighted by Crippen LogP contribution is -2.40. The number of carbonyl (C=O) groups excluding carboxylic acids is 1. The van der Waals surface area contributed by atoms with E-state index in [-0.39, 0.29) is 5.91 Å². The van der Waals surface area contributed by atoms with Crippen LogP contribution in [-0.2, 0) is 17.6 Å². The highest BCUT2D eigenvalue weighted by atomic mass is 16.2. The maximum Gasteiger partial charge on any atom is 0.231 e. The van der Waals surface area contributed by atoms with Crippen LogP contribution in [0.3, 0.4) is 0 Å². The number of piperidine rings is 1. The molecule has 0 aliphatic carbocycles. The molecule has 0 saturated carbocycles. The second-order valence-electron chi connectivity index (χ2n) is 8.60. The predicted molar refractivity (Wildman–Crippen MR) is 122 cm³/mol. The van der Waals surface area contributed by atoms with Crippen molar-refractivity contribution in [1.29, 1.82) is 0 Å². The second kappa shape index (κ2) is 8.13. The van der Waals surface area contributed by atoms with Crippen LogP contribution in [0.4, 0.5) is 11.4 Å². The zero-order valence-corrected chi connectivity index (χ0v) is 17.7. The Balaban J connectivity index is 1.39. The van der Waals surface area contributed by atoms with Crippen LogP contribution in [0.2, 0.25) is 0 Å². The molecule has 1 atom stereocenters. The Morgan fingerprint density at radius 1 is 1.20 bits per heavy atom. The fourth-order valence-electron chi connectivity index (χ4n) is 5.20. The van der Waals surface area contributed by atoms with Gasteiger partial charge in [-0.1, -0.05) is 6.92 Å². The van der Waals surface area contributed by atoms with Gasteiger partial charge in [-0.05, 0) is 80.0 Å². The fourth-order valence-corrected chi connectivity index (χ4v) is 5.20. The lowest BCUT2D eigenvalue weighted by atomic mass is 9.96. The van der Waals surface area contributed by atoms with Gasteiger partial charge in [-0.25, -0.2) is 4.98 Å². The number of nitrogens with one attached hydrogen (secondary N) is 1. The van der Waals surface area contributed by atoms with Crippen LogP contribution >= 0.6 is 0 Å². The van der Waals surface area contributed by atoms with Crippen LogP contribution in [0.25, 0.3) is 11.0 Å². The summed E-state index contributed by atoms with van der Waals surface area (Å²) in [6.07, 6.45) is 11.3. The van der Waals surface area contributed by atoms with Gasteiger partial charge in [-0.15, -0.1) is 0 Å². The molecule has 0 spiro atoms. The number of amides is 1. The van der Waals surface area contributed by atoms with Gasteiger partial charge >= 0.3 is 0 Å². The molecular weight excluding hydrogens is 372 g/mol. The van der Waals surface area contributed by atoms with Crippen LogP contribution in [0.1, 0.15) is 50.2 Å². The summed E-state index contributed by atoms with van der Waals surface area (Å²) in [5, 5.41) is 1.04. The topological polar surface area (TPSA) is 52.2 Å². The zero-order chi connectivity index (χ0) is 20.5. The van der Waals surface area contributed by atoms with Gasteiger partial charge in [-0.3, -0.25) is 4.79 Å². The summed E-state index contributed by atoms with van der Waals surface area (Å²) in [7, 11) is 0. The number of H-pyrrole nitrogens is 1. The minimum Gasteiger partial charge on any atom is -0.369 e. The number of aryl methyl sites for hydroxylation is 1. The van der Waals surface area contributed by atoms with E-state index >= 15 is 0 Å². The maximum atomic E-state index is 13.2. The molecular formula is C25H30N4O. The van der Waals surface area contributed by atoms with E-state index in [4.69, 9.17) is 0 Å². The number of benzene rings is 1. The molecule has 1 N–H and O–H groups in total. The first kappa shape index (κ1) is 19.2. The molecule has 1 fully saturated rings. The predicted octanol–water partition coefficient (Wildman–Crippen LogP) is 4.85. The molecule has 30 heavy (non-hydrogen) atoms. The summed E-state index contributed by atoms with van der Waals surface area (Å²) in [6.45, 7) is 4.24. The van der Waals surface area contributed by atoms with Crippen molar-refractivity contribution in [2.24, 2.45) is 0 Å².